The molecule has 2 aromatic rings. The number of rotatable bonds is 5. The van der Waals surface area contributed by atoms with Gasteiger partial charge in [-0.05, 0) is 6.42 Å². The van der Waals surface area contributed by atoms with Crippen LogP contribution < -0.4 is 11.1 Å². The molecule has 18 heavy (non-hydrogen) atoms. The second-order valence-corrected chi connectivity index (χ2v) is 4.17. The van der Waals surface area contributed by atoms with Gasteiger partial charge in [-0.2, -0.15) is 10.1 Å². The molecular weight excluding hydrogens is 232 g/mol. The summed E-state index contributed by atoms with van der Waals surface area (Å²) >= 11 is 0. The Morgan fingerprint density at radius 1 is 1.44 bits per heavy atom. The smallest absolute Gasteiger partial charge is 0.223 e. The molecule has 0 saturated carbocycles. The Morgan fingerprint density at radius 3 is 2.83 bits per heavy atom. The minimum atomic E-state index is 0.465. The van der Waals surface area contributed by atoms with Gasteiger partial charge in [0.25, 0.3) is 0 Å². The van der Waals surface area contributed by atoms with Crippen LogP contribution in [0.3, 0.4) is 0 Å². The van der Waals surface area contributed by atoms with E-state index >= 15 is 0 Å². The molecule has 0 atom stereocenters. The topological polar surface area (TPSA) is 94.8 Å². The van der Waals surface area contributed by atoms with Crippen LogP contribution in [0.2, 0.25) is 0 Å². The van der Waals surface area contributed by atoms with Crippen molar-refractivity contribution in [3.8, 4) is 0 Å². The number of hydrogen-bond donors (Lipinski definition) is 2. The van der Waals surface area contributed by atoms with E-state index in [0.29, 0.717) is 23.9 Å². The third kappa shape index (κ3) is 2.44. The third-order valence-corrected chi connectivity index (χ3v) is 2.63. The maximum Gasteiger partial charge on any atom is 0.223 e. The summed E-state index contributed by atoms with van der Waals surface area (Å²) in [6.07, 6.45) is 1.90. The summed E-state index contributed by atoms with van der Waals surface area (Å²) in [6, 6.07) is 0. The predicted octanol–water partition coefficient (Wildman–Crippen LogP) is 1.26. The van der Waals surface area contributed by atoms with E-state index in [9.17, 15) is 0 Å². The molecule has 0 aliphatic carbocycles. The van der Waals surface area contributed by atoms with Gasteiger partial charge in [-0.1, -0.05) is 18.5 Å². The number of aromatic nitrogens is 4. The maximum absolute atomic E-state index is 6.05. The van der Waals surface area contributed by atoms with Crippen molar-refractivity contribution in [3.05, 3.63) is 17.4 Å². The lowest BCUT2D eigenvalue weighted by atomic mass is 10.2. The predicted molar refractivity (Wildman–Crippen MR) is 68.0 cm³/mol. The van der Waals surface area contributed by atoms with Crippen LogP contribution in [-0.4, -0.2) is 19.9 Å². The van der Waals surface area contributed by atoms with Gasteiger partial charge in [-0.15, -0.1) is 0 Å². The van der Waals surface area contributed by atoms with E-state index < -0.39 is 0 Å². The molecule has 0 aliphatic rings. The van der Waals surface area contributed by atoms with Crippen molar-refractivity contribution in [1.82, 2.24) is 19.9 Å². The summed E-state index contributed by atoms with van der Waals surface area (Å²) in [6.45, 7) is 4.32. The van der Waals surface area contributed by atoms with Crippen molar-refractivity contribution in [2.45, 2.75) is 33.2 Å². The molecule has 3 N–H and O–H groups in total. The molecule has 0 unspecified atom stereocenters. The summed E-state index contributed by atoms with van der Waals surface area (Å²) in [7, 11) is 1.86. The third-order valence-electron chi connectivity index (χ3n) is 2.63. The number of aryl methyl sites for hydroxylation is 3. The quantitative estimate of drug-likeness (QED) is 0.829. The molecule has 98 valence electrons. The van der Waals surface area contributed by atoms with Crippen LogP contribution in [0.5, 0.6) is 0 Å². The molecule has 0 fully saturated rings. The molecule has 2 heterocycles. The second kappa shape index (κ2) is 5.07. The normalized spacial score (nSPS) is 10.8. The molecule has 0 spiro atoms. The van der Waals surface area contributed by atoms with E-state index in [1.54, 1.807) is 11.6 Å². The number of anilines is 2. The van der Waals surface area contributed by atoms with E-state index in [4.69, 9.17) is 10.3 Å². The number of nitrogen functional groups attached to an aromatic ring is 1. The van der Waals surface area contributed by atoms with Crippen molar-refractivity contribution in [2.24, 2.45) is 7.05 Å². The number of nitrogens with two attached hydrogens (primary N) is 1. The number of hydrogen-bond acceptors (Lipinski definition) is 6. The molecule has 2 rings (SSSR count). The average molecular weight is 250 g/mol. The Morgan fingerprint density at radius 2 is 2.22 bits per heavy atom. The van der Waals surface area contributed by atoms with E-state index in [1.165, 1.54) is 0 Å². The second-order valence-electron chi connectivity index (χ2n) is 4.17. The molecular formula is C11H18N6O. The van der Waals surface area contributed by atoms with Crippen molar-refractivity contribution < 1.29 is 4.52 Å². The average Bonchev–Trinajstić information content (AvgIpc) is 2.84. The summed E-state index contributed by atoms with van der Waals surface area (Å²) in [5.74, 6) is 1.95. The summed E-state index contributed by atoms with van der Waals surface area (Å²) < 4.78 is 6.65. The van der Waals surface area contributed by atoms with Gasteiger partial charge in [0.05, 0.1) is 17.9 Å². The van der Waals surface area contributed by atoms with Crippen LogP contribution in [0.4, 0.5) is 11.5 Å². The van der Waals surface area contributed by atoms with Crippen LogP contribution in [0, 0.1) is 6.92 Å². The fourth-order valence-corrected chi connectivity index (χ4v) is 1.80. The Bertz CT molecular complexity index is 530. The summed E-state index contributed by atoms with van der Waals surface area (Å²) in [5, 5.41) is 11.4. The minimum absolute atomic E-state index is 0.465. The first-order chi connectivity index (χ1) is 8.61. The molecule has 0 aliphatic heterocycles. The van der Waals surface area contributed by atoms with Gasteiger partial charge in [0.15, 0.2) is 5.82 Å². The first-order valence-corrected chi connectivity index (χ1v) is 5.96. The van der Waals surface area contributed by atoms with E-state index in [-0.39, 0.29) is 0 Å². The summed E-state index contributed by atoms with van der Waals surface area (Å²) in [5.41, 5.74) is 7.67. The van der Waals surface area contributed by atoms with Crippen LogP contribution in [0.15, 0.2) is 4.52 Å². The van der Waals surface area contributed by atoms with Crippen molar-refractivity contribution in [2.75, 3.05) is 11.1 Å². The molecule has 7 nitrogen and oxygen atoms in total. The van der Waals surface area contributed by atoms with Gasteiger partial charge < -0.3 is 15.6 Å². The van der Waals surface area contributed by atoms with E-state index in [2.05, 4.69) is 27.5 Å². The Hall–Kier alpha value is -2.05. The van der Waals surface area contributed by atoms with Crippen molar-refractivity contribution in [3.63, 3.8) is 0 Å². The lowest BCUT2D eigenvalue weighted by Gasteiger charge is -2.04. The highest BCUT2D eigenvalue weighted by Gasteiger charge is 2.13. The highest BCUT2D eigenvalue weighted by atomic mass is 16.5. The van der Waals surface area contributed by atoms with Gasteiger partial charge in [-0.25, -0.2) is 0 Å². The first-order valence-electron chi connectivity index (χ1n) is 5.96. The zero-order valence-electron chi connectivity index (χ0n) is 10.9. The number of nitrogens with one attached hydrogen (secondary N) is 1. The Kier molecular flexibility index (Phi) is 3.50. The Labute approximate surface area is 105 Å². The summed E-state index contributed by atoms with van der Waals surface area (Å²) in [4.78, 5) is 4.12. The van der Waals surface area contributed by atoms with Crippen LogP contribution >= 0.6 is 0 Å². The fraction of sp³-hybridized carbons (Fsp3) is 0.545. The first kappa shape index (κ1) is 12.4. The molecule has 0 amide bonds. The highest BCUT2D eigenvalue weighted by molar-refractivity contribution is 5.64. The zero-order valence-corrected chi connectivity index (χ0v) is 10.9. The van der Waals surface area contributed by atoms with Gasteiger partial charge in [0.2, 0.25) is 5.89 Å². The number of nitrogens with zero attached hydrogens (tertiary/aromatic N) is 4. The van der Waals surface area contributed by atoms with Gasteiger partial charge in [-0.3, -0.25) is 4.68 Å². The maximum atomic E-state index is 6.05. The van der Waals surface area contributed by atoms with Gasteiger partial charge in [0.1, 0.15) is 5.82 Å². The molecule has 0 radical (unpaired) electrons. The van der Waals surface area contributed by atoms with E-state index in [1.807, 2.05) is 7.05 Å². The fourth-order valence-electron chi connectivity index (χ4n) is 1.80. The SMILES string of the molecule is CCCc1nn(C)c(NCc2noc(C)n2)c1N. The Balaban J connectivity index is 2.09. The van der Waals surface area contributed by atoms with E-state index in [0.717, 1.165) is 24.4 Å². The van der Waals surface area contributed by atoms with Crippen molar-refractivity contribution >= 4 is 11.5 Å². The molecule has 0 bridgehead atoms. The standard InChI is InChI=1S/C11H18N6O/c1-4-5-8-10(12)11(17(3)15-8)13-6-9-14-7(2)18-16-9/h13H,4-6,12H2,1-3H3. The monoisotopic (exact) mass is 250 g/mol. The van der Waals surface area contributed by atoms with Crippen LogP contribution in [0.25, 0.3) is 0 Å². The molecule has 0 aromatic carbocycles. The minimum Gasteiger partial charge on any atom is -0.394 e. The lowest BCUT2D eigenvalue weighted by molar-refractivity contribution is 0.388. The van der Waals surface area contributed by atoms with Gasteiger partial charge >= 0.3 is 0 Å². The molecule has 7 heteroatoms. The van der Waals surface area contributed by atoms with Gasteiger partial charge in [0, 0.05) is 14.0 Å². The van der Waals surface area contributed by atoms with Crippen LogP contribution in [0.1, 0.15) is 30.8 Å². The van der Waals surface area contributed by atoms with Crippen LogP contribution in [-0.2, 0) is 20.0 Å². The largest absolute Gasteiger partial charge is 0.394 e. The van der Waals surface area contributed by atoms with Crippen molar-refractivity contribution in [1.29, 1.82) is 0 Å². The zero-order chi connectivity index (χ0) is 13.1. The highest BCUT2D eigenvalue weighted by Crippen LogP contribution is 2.23. The molecule has 0 saturated heterocycles. The molecule has 2 aromatic heterocycles. The lowest BCUT2D eigenvalue weighted by Crippen LogP contribution is -2.07.